The molecule has 15 aromatic rings. The normalized spacial score (nSPS) is 17.1. The Morgan fingerprint density at radius 3 is 1.06 bits per heavy atom. The Kier molecular flexibility index (Phi) is 37.3. The summed E-state index contributed by atoms with van der Waals surface area (Å²) in [7, 11) is 0. The van der Waals surface area contributed by atoms with Crippen LogP contribution < -0.4 is 65.1 Å². The van der Waals surface area contributed by atoms with Crippen LogP contribution in [0.4, 0.5) is 4.39 Å². The first kappa shape index (κ1) is 104. The number of benzene rings is 10. The van der Waals surface area contributed by atoms with Crippen molar-refractivity contribution in [1.82, 2.24) is 77.7 Å². The van der Waals surface area contributed by atoms with Gasteiger partial charge in [-0.1, -0.05) is 206 Å². The molecule has 5 aromatic heterocycles. The van der Waals surface area contributed by atoms with Gasteiger partial charge in [0.15, 0.2) is 11.6 Å². The molecule has 3 amide bonds. The number of nitrogens with zero attached hydrogens (tertiary/aromatic N) is 1. The SMILES string of the molecule is C.Cc1ccc(-c2ccc3cc(C(=O)CCCNC4CCC(N)CC4)[nH]c3c2)cc1.Cc1ccc(-c2ccc3cc(C(=O)CCCNC4CCNCC4)[nH]c3c2)cc1.Cc1ccc(-c2ccc3cc(C(=O)N(CCN)C4CCNCC4)[nH]c3c2)cc1.Cc1ccc(-c2ccc3cc(C(=O)NCCNC4CCCC(N)C4)[nH]c3c2)cc1.O=C(NCCNC1CCNC1)c1cc2ccc(-c3ccc(F)cc3)cc2[nH]1. The molecule has 744 valence electrons. The fourth-order valence-corrected chi connectivity index (χ4v) is 19.7. The summed E-state index contributed by atoms with van der Waals surface area (Å²) in [6, 6.07) is 84.4. The second kappa shape index (κ2) is 51.2. The molecule has 3 saturated heterocycles. The van der Waals surface area contributed by atoms with E-state index in [2.05, 4.69) is 270 Å². The van der Waals surface area contributed by atoms with Crippen LogP contribution in [0.2, 0.25) is 0 Å². The first-order chi connectivity index (χ1) is 68.7. The maximum Gasteiger partial charge on any atom is 0.270 e. The molecule has 2 aliphatic carbocycles. The van der Waals surface area contributed by atoms with Crippen molar-refractivity contribution >= 4 is 83.8 Å². The number of nitrogens with one attached hydrogen (secondary N) is 14. The van der Waals surface area contributed by atoms with Gasteiger partial charge in [-0.3, -0.25) is 24.0 Å². The summed E-state index contributed by atoms with van der Waals surface area (Å²) in [6.45, 7) is 20.1. The van der Waals surface area contributed by atoms with Crippen molar-refractivity contribution in [3.8, 4) is 55.6 Å². The molecule has 5 aliphatic rings. The Bertz CT molecular complexity index is 6610. The lowest BCUT2D eigenvalue weighted by molar-refractivity contribution is 0.0644. The Hall–Kier alpha value is -12.8. The maximum absolute atomic E-state index is 13.2. The lowest BCUT2D eigenvalue weighted by Gasteiger charge is -2.34. The number of Topliss-reactive ketones (excluding diaryl/α,β-unsaturated/α-hetero) is 2. The summed E-state index contributed by atoms with van der Waals surface area (Å²) < 4.78 is 13.1. The summed E-state index contributed by atoms with van der Waals surface area (Å²) in [5.41, 5.74) is 42.2. The molecule has 10 aromatic carbocycles. The molecule has 5 fully saturated rings. The van der Waals surface area contributed by atoms with E-state index in [0.717, 1.165) is 224 Å². The van der Waals surface area contributed by atoms with E-state index in [1.807, 2.05) is 53.4 Å². The Balaban J connectivity index is 0.000000134. The molecule has 0 bridgehead atoms. The molecule has 142 heavy (non-hydrogen) atoms. The summed E-state index contributed by atoms with van der Waals surface area (Å²) >= 11 is 0. The van der Waals surface area contributed by atoms with Gasteiger partial charge >= 0.3 is 0 Å². The average Bonchev–Trinajstić information content (AvgIpc) is 1.58. The number of halogens is 1. The molecular formula is C118H145FN18O5. The number of rotatable bonds is 31. The second-order valence-electron chi connectivity index (χ2n) is 39.0. The van der Waals surface area contributed by atoms with E-state index in [9.17, 15) is 28.4 Å². The number of fused-ring (bicyclic) bond motifs is 5. The van der Waals surface area contributed by atoms with E-state index < -0.39 is 0 Å². The van der Waals surface area contributed by atoms with Gasteiger partial charge in [0.2, 0.25) is 0 Å². The highest BCUT2D eigenvalue weighted by Crippen LogP contribution is 2.33. The molecule has 0 radical (unpaired) electrons. The number of aromatic amines is 5. The van der Waals surface area contributed by atoms with Crippen LogP contribution in [-0.4, -0.2) is 193 Å². The first-order valence-corrected chi connectivity index (χ1v) is 51.1. The van der Waals surface area contributed by atoms with Crippen LogP contribution in [0.15, 0.2) is 243 Å². The van der Waals surface area contributed by atoms with Gasteiger partial charge in [-0.25, -0.2) is 4.39 Å². The van der Waals surface area contributed by atoms with Gasteiger partial charge in [0, 0.05) is 155 Å². The van der Waals surface area contributed by atoms with Gasteiger partial charge in [-0.05, 0) is 292 Å². The van der Waals surface area contributed by atoms with Gasteiger partial charge in [0.05, 0.1) is 11.4 Å². The lowest BCUT2D eigenvalue weighted by atomic mass is 9.92. The summed E-state index contributed by atoms with van der Waals surface area (Å²) in [5, 5.41) is 35.3. The van der Waals surface area contributed by atoms with E-state index in [4.69, 9.17) is 17.2 Å². The predicted molar refractivity (Wildman–Crippen MR) is 582 cm³/mol. The minimum atomic E-state index is -0.252. The van der Waals surface area contributed by atoms with Crippen molar-refractivity contribution < 1.29 is 28.4 Å². The molecule has 2 saturated carbocycles. The molecule has 0 spiro atoms. The number of H-pyrrole nitrogens is 5. The van der Waals surface area contributed by atoms with Crippen LogP contribution in [0.25, 0.3) is 110 Å². The molecule has 3 aliphatic heterocycles. The Morgan fingerprint density at radius 1 is 0.338 bits per heavy atom. The standard InChI is InChI=1S/C25H31N3O.C24H30N4O.C24H29N3O.C23H28N4O.C21H23FN4O.CH4/c1-17-4-6-18(7-5-17)19-8-9-20-16-24(28-23(20)15-19)25(29)3-2-14-27-22-12-10-21(26)11-13-22;1-16-5-7-17(8-6-16)18-9-10-19-14-23(28-22(19)13-18)24(29)27-12-11-26-21-4-2-3-20(25)15-21;1-17-4-6-18(7-5-17)19-8-9-20-16-23(27-22(20)15-19)24(28)3-2-12-26-21-10-13-25-14-11-21;1-16-2-4-17(5-3-16)18-6-7-19-15-22(26-21(19)14-18)23(28)27(13-10-24)20-8-11-25-12-9-20;22-17-5-3-14(4-6-17)15-1-2-16-12-20(26-19(16)11-15)21(27)25-10-9-24-18-7-8-23-13-18;/h4-9,15-16,21-22,27-28H,2-3,10-14,26H2,1H3;5-10,13-14,20-21,26,28H,2-4,11-12,15,25H2,1H3,(H,27,29);4-9,15-16,21,25-27H,2-3,10-14H2,1H3;2-7,14-15,20,25-26H,8-13,24H2,1H3;1-6,11-12,18,23-24,26H,7-10,13H2,(H,25,27);1H4. The highest BCUT2D eigenvalue weighted by molar-refractivity contribution is 6.03. The van der Waals surface area contributed by atoms with Crippen LogP contribution in [0.1, 0.15) is 191 Å². The number of carbonyl (C=O) groups excluding carboxylic acids is 5. The molecule has 8 heterocycles. The molecule has 20 rings (SSSR count). The zero-order valence-electron chi connectivity index (χ0n) is 82.2. The molecule has 3 unspecified atom stereocenters. The average molecular weight is 1910 g/mol. The number of ketones is 2. The number of hydrogen-bond acceptors (Lipinski definition) is 15. The van der Waals surface area contributed by atoms with Crippen molar-refractivity contribution in [2.45, 2.75) is 187 Å². The van der Waals surface area contributed by atoms with Crippen molar-refractivity contribution in [3.63, 3.8) is 0 Å². The maximum atomic E-state index is 13.2. The highest BCUT2D eigenvalue weighted by Gasteiger charge is 2.29. The zero-order chi connectivity index (χ0) is 97.9. The van der Waals surface area contributed by atoms with Gasteiger partial charge in [-0.15, -0.1) is 0 Å². The van der Waals surface area contributed by atoms with Crippen molar-refractivity contribution in [3.05, 3.63) is 299 Å². The largest absolute Gasteiger partial charge is 0.352 e. The zero-order valence-corrected chi connectivity index (χ0v) is 82.2. The van der Waals surface area contributed by atoms with Gasteiger partial charge < -0.3 is 94.9 Å². The smallest absolute Gasteiger partial charge is 0.270 e. The predicted octanol–water partition coefficient (Wildman–Crippen LogP) is 19.7. The van der Waals surface area contributed by atoms with Crippen molar-refractivity contribution in [2.75, 3.05) is 91.6 Å². The molecule has 23 nitrogen and oxygen atoms in total. The monoisotopic (exact) mass is 1910 g/mol. The third-order valence-electron chi connectivity index (χ3n) is 28.1. The van der Waals surface area contributed by atoms with Crippen molar-refractivity contribution in [1.29, 1.82) is 0 Å². The Labute approximate surface area is 835 Å². The number of hydrogen-bond donors (Lipinski definition) is 17. The minimum Gasteiger partial charge on any atom is -0.352 e. The summed E-state index contributed by atoms with van der Waals surface area (Å²) in [4.78, 5) is 81.7. The summed E-state index contributed by atoms with van der Waals surface area (Å²) in [6.07, 6.45) is 17.4. The summed E-state index contributed by atoms with van der Waals surface area (Å²) in [5.74, 6) is -0.00496. The fraction of sp³-hybridized carbons (Fsp3) is 0.364. The number of aryl methyl sites for hydroxylation is 4. The van der Waals surface area contributed by atoms with E-state index in [1.54, 1.807) is 12.1 Å². The third kappa shape index (κ3) is 29.0. The third-order valence-corrected chi connectivity index (χ3v) is 28.1. The highest BCUT2D eigenvalue weighted by atomic mass is 19.1. The number of amides is 3. The minimum absolute atomic E-state index is 0. The Morgan fingerprint density at radius 2 is 0.669 bits per heavy atom. The number of carbonyl (C=O) groups is 5. The molecular weight excluding hydrogens is 1770 g/mol. The molecule has 20 N–H and O–H groups in total. The van der Waals surface area contributed by atoms with Crippen LogP contribution in [0, 0.1) is 33.5 Å². The molecule has 3 atom stereocenters. The van der Waals surface area contributed by atoms with Crippen LogP contribution in [0.5, 0.6) is 0 Å². The van der Waals surface area contributed by atoms with E-state index in [1.165, 1.54) is 87.9 Å². The molecule has 24 heteroatoms. The number of piperidine rings is 2. The fourth-order valence-electron chi connectivity index (χ4n) is 19.7. The lowest BCUT2D eigenvalue weighted by Crippen LogP contribution is -2.48. The number of nitrogens with two attached hydrogens (primary N) is 3. The van der Waals surface area contributed by atoms with Gasteiger partial charge in [0.1, 0.15) is 22.9 Å². The van der Waals surface area contributed by atoms with Crippen LogP contribution in [-0.2, 0) is 0 Å². The van der Waals surface area contributed by atoms with E-state index >= 15 is 0 Å². The van der Waals surface area contributed by atoms with Crippen molar-refractivity contribution in [2.24, 2.45) is 17.2 Å². The number of aromatic nitrogens is 5. The quantitative estimate of drug-likeness (QED) is 0.0142. The first-order valence-electron chi connectivity index (χ1n) is 51.1. The van der Waals surface area contributed by atoms with E-state index in [-0.39, 0.29) is 48.6 Å². The van der Waals surface area contributed by atoms with Crippen LogP contribution in [0.3, 0.4) is 0 Å². The van der Waals surface area contributed by atoms with E-state index in [0.29, 0.717) is 98.0 Å². The topological polar surface area (TPSA) is 354 Å². The second-order valence-corrected chi connectivity index (χ2v) is 39.0. The van der Waals surface area contributed by atoms with Crippen LogP contribution >= 0.6 is 0 Å². The van der Waals surface area contributed by atoms with Gasteiger partial charge in [0.25, 0.3) is 17.7 Å². The van der Waals surface area contributed by atoms with Gasteiger partial charge in [-0.2, -0.15) is 0 Å².